The van der Waals surface area contributed by atoms with Crippen molar-refractivity contribution in [2.75, 3.05) is 19.7 Å². The van der Waals surface area contributed by atoms with Gasteiger partial charge in [0.1, 0.15) is 6.61 Å². The van der Waals surface area contributed by atoms with Crippen molar-refractivity contribution in [1.29, 1.82) is 0 Å². The third-order valence-electron chi connectivity index (χ3n) is 5.47. The molecule has 1 aromatic carbocycles. The summed E-state index contributed by atoms with van der Waals surface area (Å²) < 4.78 is 5.80. The maximum Gasteiger partial charge on any atom is 0.248 e. The van der Waals surface area contributed by atoms with E-state index in [-0.39, 0.29) is 24.5 Å². The van der Waals surface area contributed by atoms with Crippen LogP contribution < -0.4 is 0 Å². The summed E-state index contributed by atoms with van der Waals surface area (Å²) in [6.45, 7) is 1.67. The number of hydrogen-bond acceptors (Lipinski definition) is 3. The lowest BCUT2D eigenvalue weighted by Gasteiger charge is -2.34. The number of carbonyl (C=O) groups excluding carboxylic acids is 1. The van der Waals surface area contributed by atoms with Crippen LogP contribution in [-0.2, 0) is 9.53 Å². The Balaban J connectivity index is 1.42. The normalized spacial score (nSPS) is 21.6. The largest absolute Gasteiger partial charge is 0.388 e. The zero-order valence-electron chi connectivity index (χ0n) is 14.4. The molecule has 1 saturated carbocycles. The molecule has 2 fully saturated rings. The van der Waals surface area contributed by atoms with Gasteiger partial charge < -0.3 is 14.7 Å². The van der Waals surface area contributed by atoms with Crippen molar-refractivity contribution in [2.45, 2.75) is 57.2 Å². The zero-order valence-corrected chi connectivity index (χ0v) is 14.4. The summed E-state index contributed by atoms with van der Waals surface area (Å²) in [6, 6.07) is 9.82. The molecule has 0 radical (unpaired) electrons. The lowest BCUT2D eigenvalue weighted by molar-refractivity contribution is -0.140. The van der Waals surface area contributed by atoms with Crippen LogP contribution in [0.5, 0.6) is 0 Å². The first-order valence-electron chi connectivity index (χ1n) is 9.36. The number of amides is 1. The van der Waals surface area contributed by atoms with Gasteiger partial charge in [-0.2, -0.15) is 0 Å². The Morgan fingerprint density at radius 1 is 1.08 bits per heavy atom. The van der Waals surface area contributed by atoms with Gasteiger partial charge in [0.05, 0.1) is 12.2 Å². The quantitative estimate of drug-likeness (QED) is 0.900. The number of carbonyl (C=O) groups is 1. The molecular formula is C20H29NO3. The lowest BCUT2D eigenvalue weighted by Crippen LogP contribution is -2.42. The highest BCUT2D eigenvalue weighted by Crippen LogP contribution is 2.30. The van der Waals surface area contributed by atoms with Gasteiger partial charge in [0.15, 0.2) is 0 Å². The molecule has 132 valence electrons. The van der Waals surface area contributed by atoms with E-state index in [0.717, 1.165) is 44.3 Å². The predicted molar refractivity (Wildman–Crippen MR) is 93.5 cm³/mol. The van der Waals surface area contributed by atoms with E-state index in [9.17, 15) is 9.90 Å². The molecule has 1 aliphatic carbocycles. The number of benzene rings is 1. The van der Waals surface area contributed by atoms with Gasteiger partial charge in [0, 0.05) is 13.1 Å². The van der Waals surface area contributed by atoms with E-state index in [4.69, 9.17) is 4.74 Å². The van der Waals surface area contributed by atoms with Crippen LogP contribution in [0.15, 0.2) is 30.3 Å². The van der Waals surface area contributed by atoms with Crippen molar-refractivity contribution in [3.63, 3.8) is 0 Å². The number of aliphatic hydroxyl groups excluding tert-OH is 1. The summed E-state index contributed by atoms with van der Waals surface area (Å²) in [7, 11) is 0. The van der Waals surface area contributed by atoms with Gasteiger partial charge in [0.25, 0.3) is 0 Å². The third kappa shape index (κ3) is 4.58. The van der Waals surface area contributed by atoms with E-state index >= 15 is 0 Å². The second-order valence-corrected chi connectivity index (χ2v) is 7.14. The van der Waals surface area contributed by atoms with Crippen LogP contribution in [-0.4, -0.2) is 41.7 Å². The molecule has 0 spiro atoms. The van der Waals surface area contributed by atoms with E-state index in [0.29, 0.717) is 0 Å². The molecule has 1 saturated heterocycles. The minimum Gasteiger partial charge on any atom is -0.388 e. The van der Waals surface area contributed by atoms with Crippen molar-refractivity contribution >= 4 is 5.91 Å². The average Bonchev–Trinajstić information content (AvgIpc) is 2.67. The third-order valence-corrected chi connectivity index (χ3v) is 5.47. The minimum atomic E-state index is -0.429. The molecule has 0 aromatic heterocycles. The van der Waals surface area contributed by atoms with Crippen molar-refractivity contribution in [1.82, 2.24) is 4.90 Å². The second kappa shape index (κ2) is 8.63. The molecule has 4 heteroatoms. The Bertz CT molecular complexity index is 505. The fourth-order valence-electron chi connectivity index (χ4n) is 3.90. The monoisotopic (exact) mass is 331 g/mol. The number of likely N-dealkylation sites (tertiary alicyclic amines) is 1. The van der Waals surface area contributed by atoms with Crippen LogP contribution in [0.1, 0.15) is 56.6 Å². The van der Waals surface area contributed by atoms with Gasteiger partial charge >= 0.3 is 0 Å². The highest BCUT2D eigenvalue weighted by molar-refractivity contribution is 5.77. The van der Waals surface area contributed by atoms with Crippen molar-refractivity contribution in [3.05, 3.63) is 35.9 Å². The van der Waals surface area contributed by atoms with Gasteiger partial charge in [-0.05, 0) is 37.2 Å². The number of rotatable bonds is 5. The molecule has 0 unspecified atom stereocenters. The fraction of sp³-hybridized carbons (Fsp3) is 0.650. The number of aliphatic hydroxyl groups is 1. The van der Waals surface area contributed by atoms with E-state index in [1.165, 1.54) is 19.3 Å². The van der Waals surface area contributed by atoms with Gasteiger partial charge in [-0.15, -0.1) is 0 Å². The molecule has 0 bridgehead atoms. The smallest absolute Gasteiger partial charge is 0.248 e. The Morgan fingerprint density at radius 3 is 2.42 bits per heavy atom. The van der Waals surface area contributed by atoms with Crippen LogP contribution in [0.4, 0.5) is 0 Å². The Morgan fingerprint density at radius 2 is 1.75 bits per heavy atom. The summed E-state index contributed by atoms with van der Waals surface area (Å²) >= 11 is 0. The first kappa shape index (κ1) is 17.4. The number of hydrogen-bond donors (Lipinski definition) is 1. The highest BCUT2D eigenvalue weighted by atomic mass is 16.5. The van der Waals surface area contributed by atoms with Crippen molar-refractivity contribution < 1.29 is 14.6 Å². The summed E-state index contributed by atoms with van der Waals surface area (Å²) in [6.07, 6.45) is 7.49. The Labute approximate surface area is 144 Å². The molecule has 4 nitrogen and oxygen atoms in total. The lowest BCUT2D eigenvalue weighted by atomic mass is 9.87. The van der Waals surface area contributed by atoms with E-state index in [1.54, 1.807) is 0 Å². The zero-order chi connectivity index (χ0) is 16.8. The molecule has 3 rings (SSSR count). The number of ether oxygens (including phenoxy) is 1. The van der Waals surface area contributed by atoms with E-state index < -0.39 is 6.10 Å². The molecule has 1 amide bonds. The molecule has 1 aliphatic heterocycles. The molecule has 2 aliphatic rings. The Kier molecular flexibility index (Phi) is 6.27. The molecule has 24 heavy (non-hydrogen) atoms. The number of nitrogens with zero attached hydrogens (tertiary/aromatic N) is 1. The molecule has 1 heterocycles. The first-order chi connectivity index (χ1) is 11.7. The van der Waals surface area contributed by atoms with Crippen molar-refractivity contribution in [2.24, 2.45) is 5.92 Å². The molecule has 1 N–H and O–H groups in total. The molecule has 1 atom stereocenters. The van der Waals surface area contributed by atoms with Gasteiger partial charge in [-0.1, -0.05) is 49.6 Å². The van der Waals surface area contributed by atoms with Gasteiger partial charge in [0.2, 0.25) is 5.91 Å². The first-order valence-corrected chi connectivity index (χ1v) is 9.36. The van der Waals surface area contributed by atoms with Crippen LogP contribution >= 0.6 is 0 Å². The van der Waals surface area contributed by atoms with Crippen LogP contribution in [0.2, 0.25) is 0 Å². The topological polar surface area (TPSA) is 49.8 Å². The molecule has 1 aromatic rings. The predicted octanol–water partition coefficient (Wildman–Crippen LogP) is 3.31. The number of piperidine rings is 1. The van der Waals surface area contributed by atoms with Crippen LogP contribution in [0.25, 0.3) is 0 Å². The average molecular weight is 331 g/mol. The fourth-order valence-corrected chi connectivity index (χ4v) is 3.90. The van der Waals surface area contributed by atoms with Gasteiger partial charge in [-0.25, -0.2) is 0 Å². The summed E-state index contributed by atoms with van der Waals surface area (Å²) in [4.78, 5) is 14.2. The Hall–Kier alpha value is -1.39. The summed E-state index contributed by atoms with van der Waals surface area (Å²) in [5.41, 5.74) is 0.975. The van der Waals surface area contributed by atoms with Crippen molar-refractivity contribution in [3.8, 4) is 0 Å². The maximum atomic E-state index is 12.3. The van der Waals surface area contributed by atoms with Gasteiger partial charge in [-0.3, -0.25) is 4.79 Å². The maximum absolute atomic E-state index is 12.3. The molecular weight excluding hydrogens is 302 g/mol. The summed E-state index contributed by atoms with van der Waals surface area (Å²) in [5, 5.41) is 10.5. The van der Waals surface area contributed by atoms with Crippen LogP contribution in [0, 0.1) is 5.92 Å². The summed E-state index contributed by atoms with van der Waals surface area (Å²) in [5.74, 6) is 0.337. The van der Waals surface area contributed by atoms with Crippen LogP contribution in [0.3, 0.4) is 0 Å². The SMILES string of the molecule is O=C(COC1CCCCC1)N1CCC([C@H](O)c2ccccc2)CC1. The highest BCUT2D eigenvalue weighted by Gasteiger charge is 2.28. The second-order valence-electron chi connectivity index (χ2n) is 7.14. The standard InChI is InChI=1S/C20H29NO3/c22-19(15-24-18-9-5-2-6-10-18)21-13-11-17(12-14-21)20(23)16-7-3-1-4-8-16/h1,3-4,7-8,17-18,20,23H,2,5-6,9-15H2/t20-/m1/s1. The minimum absolute atomic E-state index is 0.105. The van der Waals surface area contributed by atoms with E-state index in [2.05, 4.69) is 0 Å². The van der Waals surface area contributed by atoms with E-state index in [1.807, 2.05) is 35.2 Å².